The van der Waals surface area contributed by atoms with Crippen LogP contribution in [0.4, 0.5) is 0 Å². The molecule has 0 bridgehead atoms. The van der Waals surface area contributed by atoms with Gasteiger partial charge in [0.2, 0.25) is 5.82 Å². The van der Waals surface area contributed by atoms with E-state index in [1.54, 1.807) is 18.3 Å². The average molecular weight is 393 g/mol. The van der Waals surface area contributed by atoms with E-state index < -0.39 is 0 Å². The largest absolute Gasteiger partial charge is 0.386 e. The lowest BCUT2D eigenvalue weighted by molar-refractivity contribution is 0.107. The van der Waals surface area contributed by atoms with Crippen LogP contribution in [-0.2, 0) is 11.4 Å². The van der Waals surface area contributed by atoms with E-state index in [1.165, 1.54) is 0 Å². The number of aromatic nitrogens is 2. The first kappa shape index (κ1) is 15.7. The van der Waals surface area contributed by atoms with Gasteiger partial charge >= 0.3 is 0 Å². The van der Waals surface area contributed by atoms with Crippen LogP contribution in [0.15, 0.2) is 62.7 Å². The van der Waals surface area contributed by atoms with Crippen molar-refractivity contribution in [3.8, 4) is 11.4 Å². The van der Waals surface area contributed by atoms with Crippen molar-refractivity contribution in [3.05, 3.63) is 69.5 Å². The van der Waals surface area contributed by atoms with E-state index in [9.17, 15) is 0 Å². The van der Waals surface area contributed by atoms with E-state index in [4.69, 9.17) is 21.0 Å². The smallest absolute Gasteiger partial charge is 0.267 e. The molecule has 1 heterocycles. The Morgan fingerprint density at radius 3 is 2.91 bits per heavy atom. The summed E-state index contributed by atoms with van der Waals surface area (Å²) in [6, 6.07) is 14.9. The van der Waals surface area contributed by atoms with Crippen LogP contribution in [0, 0.1) is 0 Å². The Kier molecular flexibility index (Phi) is 5.05. The fourth-order valence-electron chi connectivity index (χ4n) is 1.82. The van der Waals surface area contributed by atoms with Gasteiger partial charge in [-0.3, -0.25) is 0 Å². The molecule has 5 nitrogen and oxygen atoms in total. The average Bonchev–Trinajstić information content (AvgIpc) is 3.02. The Labute approximate surface area is 146 Å². The molecule has 0 aliphatic carbocycles. The maximum absolute atomic E-state index is 5.94. The summed E-state index contributed by atoms with van der Waals surface area (Å²) in [5.74, 6) is 0.796. The van der Waals surface area contributed by atoms with Gasteiger partial charge in [-0.2, -0.15) is 4.98 Å². The fourth-order valence-corrected chi connectivity index (χ4v) is 2.40. The summed E-state index contributed by atoms with van der Waals surface area (Å²) in [7, 11) is 0. The van der Waals surface area contributed by atoms with Gasteiger partial charge in [0.1, 0.15) is 0 Å². The van der Waals surface area contributed by atoms with Crippen LogP contribution in [0.1, 0.15) is 11.5 Å². The van der Waals surface area contributed by atoms with Crippen LogP contribution in [-0.4, -0.2) is 16.4 Å². The standard InChI is InChI=1S/C16H11BrClN3O2/c17-14-7-2-1-4-12(14)9-19-22-10-15-20-16(21-23-15)11-5-3-6-13(18)8-11/h1-9H,10H2/b19-9-. The van der Waals surface area contributed by atoms with Crippen molar-refractivity contribution in [2.75, 3.05) is 0 Å². The third-order valence-corrected chi connectivity index (χ3v) is 3.87. The summed E-state index contributed by atoms with van der Waals surface area (Å²) >= 11 is 9.37. The lowest BCUT2D eigenvalue weighted by Gasteiger charge is -1.96. The number of oxime groups is 1. The van der Waals surface area contributed by atoms with Gasteiger partial charge in [0.25, 0.3) is 5.89 Å². The second-order valence-corrected chi connectivity index (χ2v) is 5.84. The van der Waals surface area contributed by atoms with Crippen LogP contribution in [0.3, 0.4) is 0 Å². The summed E-state index contributed by atoms with van der Waals surface area (Å²) < 4.78 is 6.06. The molecule has 3 rings (SSSR count). The van der Waals surface area contributed by atoms with Crippen molar-refractivity contribution in [2.24, 2.45) is 5.16 Å². The highest BCUT2D eigenvalue weighted by Crippen LogP contribution is 2.20. The number of hydrogen-bond donors (Lipinski definition) is 0. The highest BCUT2D eigenvalue weighted by atomic mass is 79.9. The van der Waals surface area contributed by atoms with E-state index in [1.807, 2.05) is 36.4 Å². The molecule has 0 atom stereocenters. The van der Waals surface area contributed by atoms with Crippen molar-refractivity contribution in [1.82, 2.24) is 10.1 Å². The minimum atomic E-state index is 0.0918. The molecule has 0 radical (unpaired) electrons. The third-order valence-electron chi connectivity index (χ3n) is 2.91. The first-order valence-electron chi connectivity index (χ1n) is 6.71. The van der Waals surface area contributed by atoms with Gasteiger partial charge in [0.05, 0.1) is 6.21 Å². The van der Waals surface area contributed by atoms with E-state index >= 15 is 0 Å². The predicted molar refractivity (Wildman–Crippen MR) is 91.3 cm³/mol. The topological polar surface area (TPSA) is 60.5 Å². The van der Waals surface area contributed by atoms with E-state index in [0.29, 0.717) is 16.7 Å². The molecular formula is C16H11BrClN3O2. The van der Waals surface area contributed by atoms with Gasteiger partial charge in [-0.05, 0) is 18.2 Å². The van der Waals surface area contributed by atoms with Crippen molar-refractivity contribution < 1.29 is 9.36 Å². The van der Waals surface area contributed by atoms with Crippen LogP contribution in [0.5, 0.6) is 0 Å². The summed E-state index contributed by atoms with van der Waals surface area (Å²) in [6.45, 7) is 0.0918. The molecule has 7 heteroatoms. The zero-order chi connectivity index (χ0) is 16.1. The molecule has 0 saturated carbocycles. The normalized spacial score (nSPS) is 11.0. The summed E-state index contributed by atoms with van der Waals surface area (Å²) in [6.07, 6.45) is 1.61. The first-order chi connectivity index (χ1) is 11.2. The maximum Gasteiger partial charge on any atom is 0.267 e. The van der Waals surface area contributed by atoms with Crippen LogP contribution < -0.4 is 0 Å². The van der Waals surface area contributed by atoms with E-state index in [0.717, 1.165) is 15.6 Å². The molecule has 0 fully saturated rings. The number of hydrogen-bond acceptors (Lipinski definition) is 5. The molecule has 0 spiro atoms. The highest BCUT2D eigenvalue weighted by molar-refractivity contribution is 9.10. The number of nitrogens with zero attached hydrogens (tertiary/aromatic N) is 3. The van der Waals surface area contributed by atoms with Gasteiger partial charge in [-0.1, -0.05) is 68.2 Å². The van der Waals surface area contributed by atoms with Gasteiger partial charge in [-0.15, -0.1) is 0 Å². The number of benzene rings is 2. The second kappa shape index (κ2) is 7.39. The predicted octanol–water partition coefficient (Wildman–Crippen LogP) is 4.70. The number of halogens is 2. The lowest BCUT2D eigenvalue weighted by Crippen LogP contribution is -1.89. The molecule has 23 heavy (non-hydrogen) atoms. The minimum absolute atomic E-state index is 0.0918. The zero-order valence-corrected chi connectivity index (χ0v) is 14.2. The Morgan fingerprint density at radius 2 is 2.09 bits per heavy atom. The number of rotatable bonds is 5. The van der Waals surface area contributed by atoms with Gasteiger partial charge < -0.3 is 9.36 Å². The second-order valence-electron chi connectivity index (χ2n) is 4.55. The van der Waals surface area contributed by atoms with Gasteiger partial charge in [-0.25, -0.2) is 0 Å². The fraction of sp³-hybridized carbons (Fsp3) is 0.0625. The lowest BCUT2D eigenvalue weighted by atomic mass is 10.2. The van der Waals surface area contributed by atoms with Crippen LogP contribution in [0.25, 0.3) is 11.4 Å². The molecule has 0 N–H and O–H groups in total. The third kappa shape index (κ3) is 4.18. The quantitative estimate of drug-likeness (QED) is 0.466. The molecule has 0 saturated heterocycles. The summed E-state index contributed by atoms with van der Waals surface area (Å²) in [4.78, 5) is 9.42. The molecule has 1 aromatic heterocycles. The van der Waals surface area contributed by atoms with Crippen LogP contribution in [0.2, 0.25) is 5.02 Å². The Balaban J connectivity index is 1.61. The Morgan fingerprint density at radius 1 is 1.22 bits per heavy atom. The summed E-state index contributed by atoms with van der Waals surface area (Å²) in [5, 5.41) is 8.40. The van der Waals surface area contributed by atoms with Crippen molar-refractivity contribution in [1.29, 1.82) is 0 Å². The molecule has 116 valence electrons. The molecule has 0 aliphatic rings. The monoisotopic (exact) mass is 391 g/mol. The molecule has 0 unspecified atom stereocenters. The molecule has 2 aromatic carbocycles. The molecule has 0 aliphatic heterocycles. The maximum atomic E-state index is 5.94. The first-order valence-corrected chi connectivity index (χ1v) is 7.88. The Bertz CT molecular complexity index is 835. The molecule has 0 amide bonds. The van der Waals surface area contributed by atoms with E-state index in [-0.39, 0.29) is 6.61 Å². The van der Waals surface area contributed by atoms with Gasteiger partial charge in [0, 0.05) is 20.6 Å². The van der Waals surface area contributed by atoms with Crippen molar-refractivity contribution in [3.63, 3.8) is 0 Å². The van der Waals surface area contributed by atoms with Crippen molar-refractivity contribution in [2.45, 2.75) is 6.61 Å². The van der Waals surface area contributed by atoms with Crippen LogP contribution >= 0.6 is 27.5 Å². The van der Waals surface area contributed by atoms with E-state index in [2.05, 4.69) is 31.2 Å². The Hall–Kier alpha value is -2.18. The SMILES string of the molecule is Clc1cccc(-c2noc(CO/N=C\c3ccccc3Br)n2)c1. The highest BCUT2D eigenvalue weighted by Gasteiger charge is 2.09. The zero-order valence-electron chi connectivity index (χ0n) is 11.8. The minimum Gasteiger partial charge on any atom is -0.386 e. The molecule has 3 aromatic rings. The van der Waals surface area contributed by atoms with Gasteiger partial charge in [0.15, 0.2) is 6.61 Å². The summed E-state index contributed by atoms with van der Waals surface area (Å²) in [5.41, 5.74) is 1.70. The van der Waals surface area contributed by atoms with Crippen molar-refractivity contribution >= 4 is 33.7 Å². The molecular weight excluding hydrogens is 382 g/mol.